The largest absolute Gasteiger partial charge is 0.379 e. The normalized spacial score (nSPS) is 11.4. The van der Waals surface area contributed by atoms with Gasteiger partial charge in [-0.1, -0.05) is 12.1 Å². The molecule has 0 aliphatic rings. The summed E-state index contributed by atoms with van der Waals surface area (Å²) >= 11 is 1.66. The molecular formula is C20H23N4O4S2+. The van der Waals surface area contributed by atoms with Gasteiger partial charge in [-0.05, 0) is 53.3 Å². The van der Waals surface area contributed by atoms with Crippen LogP contribution in [0.4, 0.5) is 5.95 Å². The van der Waals surface area contributed by atoms with E-state index in [0.29, 0.717) is 17.3 Å². The highest BCUT2D eigenvalue weighted by atomic mass is 32.2. The van der Waals surface area contributed by atoms with Crippen molar-refractivity contribution in [2.24, 2.45) is 7.05 Å². The van der Waals surface area contributed by atoms with Crippen LogP contribution in [-0.2, 0) is 29.5 Å². The van der Waals surface area contributed by atoms with Gasteiger partial charge in [0, 0.05) is 18.2 Å². The number of hydrogen-bond acceptors (Lipinski definition) is 7. The van der Waals surface area contributed by atoms with Crippen molar-refractivity contribution in [3.63, 3.8) is 0 Å². The minimum Gasteiger partial charge on any atom is -0.379 e. The van der Waals surface area contributed by atoms with Crippen LogP contribution < -0.4 is 14.5 Å². The summed E-state index contributed by atoms with van der Waals surface area (Å²) in [5.41, 5.74) is 7.38. The topological polar surface area (TPSA) is 108 Å². The molecule has 2 aromatic carbocycles. The van der Waals surface area contributed by atoms with Crippen LogP contribution in [0.3, 0.4) is 0 Å². The lowest BCUT2D eigenvalue weighted by atomic mass is 10.1. The van der Waals surface area contributed by atoms with Crippen molar-refractivity contribution in [2.75, 3.05) is 12.0 Å². The fraction of sp³-hybridized carbons (Fsp3) is 0.250. The highest BCUT2D eigenvalue weighted by molar-refractivity contribution is 7.97. The highest BCUT2D eigenvalue weighted by Gasteiger charge is 2.20. The third-order valence-electron chi connectivity index (χ3n) is 4.50. The van der Waals surface area contributed by atoms with Crippen LogP contribution in [0.15, 0.2) is 53.4 Å². The Balaban J connectivity index is 1.71. The first-order valence-corrected chi connectivity index (χ1v) is 11.9. The fourth-order valence-corrected chi connectivity index (χ4v) is 4.34. The summed E-state index contributed by atoms with van der Waals surface area (Å²) in [7, 11) is -2.26. The average molecular weight is 448 g/mol. The molecule has 10 heteroatoms. The summed E-state index contributed by atoms with van der Waals surface area (Å²) in [4.78, 5) is 12.6. The maximum absolute atomic E-state index is 12.6. The van der Waals surface area contributed by atoms with E-state index in [1.54, 1.807) is 42.4 Å². The van der Waals surface area contributed by atoms with Crippen LogP contribution in [0, 0.1) is 6.92 Å². The van der Waals surface area contributed by atoms with Crippen molar-refractivity contribution in [2.45, 2.75) is 24.1 Å². The summed E-state index contributed by atoms with van der Waals surface area (Å²) in [5.74, 6) is 1.75. The summed E-state index contributed by atoms with van der Waals surface area (Å²) in [6.45, 7) is 1.80. The fourth-order valence-electron chi connectivity index (χ4n) is 2.88. The van der Waals surface area contributed by atoms with Crippen molar-refractivity contribution in [3.8, 4) is 5.75 Å². The first-order chi connectivity index (χ1) is 14.2. The number of Topliss-reactive ketones (excluding diaryl/α,β-unsaturated/α-hetero) is 1. The molecule has 0 unspecified atom stereocenters. The Morgan fingerprint density at radius 2 is 1.80 bits per heavy atom. The van der Waals surface area contributed by atoms with Crippen molar-refractivity contribution in [1.29, 1.82) is 0 Å². The molecule has 30 heavy (non-hydrogen) atoms. The van der Waals surface area contributed by atoms with E-state index in [-0.39, 0.29) is 23.0 Å². The number of hydrogen-bond donors (Lipinski definition) is 1. The number of thioether (sulfide) groups is 1. The second kappa shape index (κ2) is 8.88. The average Bonchev–Trinajstić information content (AvgIpc) is 2.95. The summed E-state index contributed by atoms with van der Waals surface area (Å²) in [5, 5.41) is 4.17. The van der Waals surface area contributed by atoms with E-state index in [2.05, 4.69) is 5.10 Å². The zero-order valence-corrected chi connectivity index (χ0v) is 18.5. The Bertz CT molecular complexity index is 1150. The third kappa shape index (κ3) is 4.82. The molecule has 1 aromatic heterocycles. The molecule has 0 atom stereocenters. The Kier molecular flexibility index (Phi) is 6.47. The molecule has 0 amide bonds. The SMILES string of the molecule is CSCc1ccc(S(=O)(=O)Oc2ccc(C(=O)C[n+]3c(C)nn(C)c3N)cc2)cc1. The molecule has 3 aromatic rings. The van der Waals surface area contributed by atoms with Crippen molar-refractivity contribution < 1.29 is 22.0 Å². The predicted molar refractivity (Wildman–Crippen MR) is 115 cm³/mol. The van der Waals surface area contributed by atoms with E-state index in [4.69, 9.17) is 9.92 Å². The van der Waals surface area contributed by atoms with Gasteiger partial charge in [0.25, 0.3) is 0 Å². The number of aromatic nitrogens is 3. The molecule has 158 valence electrons. The van der Waals surface area contributed by atoms with Gasteiger partial charge >= 0.3 is 16.1 Å². The minimum absolute atomic E-state index is 0.0341. The van der Waals surface area contributed by atoms with E-state index < -0.39 is 10.1 Å². The van der Waals surface area contributed by atoms with Gasteiger partial charge in [0.2, 0.25) is 5.82 Å². The van der Waals surface area contributed by atoms with Gasteiger partial charge in [0.1, 0.15) is 17.2 Å². The van der Waals surface area contributed by atoms with Crippen LogP contribution >= 0.6 is 11.8 Å². The van der Waals surface area contributed by atoms with E-state index in [1.165, 1.54) is 41.1 Å². The van der Waals surface area contributed by atoms with E-state index in [9.17, 15) is 13.2 Å². The van der Waals surface area contributed by atoms with Gasteiger partial charge in [0.05, 0.1) is 7.05 Å². The van der Waals surface area contributed by atoms with Crippen LogP contribution in [0.5, 0.6) is 5.75 Å². The summed E-state index contributed by atoms with van der Waals surface area (Å²) in [6.07, 6.45) is 1.98. The zero-order chi connectivity index (χ0) is 21.9. The maximum Gasteiger partial charge on any atom is 0.342 e. The molecule has 0 aliphatic heterocycles. The van der Waals surface area contributed by atoms with E-state index in [0.717, 1.165) is 11.3 Å². The number of ketones is 1. The minimum atomic E-state index is -3.96. The van der Waals surface area contributed by atoms with Crippen molar-refractivity contribution in [1.82, 2.24) is 9.78 Å². The molecule has 0 spiro atoms. The molecule has 8 nitrogen and oxygen atoms in total. The van der Waals surface area contributed by atoms with Gasteiger partial charge < -0.3 is 9.92 Å². The van der Waals surface area contributed by atoms with Gasteiger partial charge in [-0.3, -0.25) is 4.79 Å². The van der Waals surface area contributed by atoms with Crippen LogP contribution in [-0.4, -0.2) is 30.2 Å². The van der Waals surface area contributed by atoms with E-state index >= 15 is 0 Å². The quantitative estimate of drug-likeness (QED) is 0.320. The number of aryl methyl sites for hydroxylation is 2. The monoisotopic (exact) mass is 447 g/mol. The summed E-state index contributed by atoms with van der Waals surface area (Å²) in [6, 6.07) is 12.5. The Labute approximate surface area is 179 Å². The van der Waals surface area contributed by atoms with Gasteiger partial charge in [-0.2, -0.15) is 20.2 Å². The van der Waals surface area contributed by atoms with Gasteiger partial charge in [-0.25, -0.2) is 4.57 Å². The molecule has 0 saturated heterocycles. The second-order valence-electron chi connectivity index (χ2n) is 6.68. The number of nitrogen functional groups attached to an aromatic ring is 1. The lowest BCUT2D eigenvalue weighted by Crippen LogP contribution is -2.42. The standard InChI is InChI=1S/C20H22N4O4S2/c1-14-22-23(2)20(21)24(14)12-19(25)16-6-8-17(9-7-16)28-30(26,27)18-10-4-15(5-11-18)13-29-3/h4-11,21H,12-13H2,1-3H3/p+1. The molecule has 1 heterocycles. The Morgan fingerprint density at radius 1 is 1.17 bits per heavy atom. The number of rotatable bonds is 8. The first kappa shape index (κ1) is 21.8. The number of carbonyl (C=O) groups excluding carboxylic acids is 1. The van der Waals surface area contributed by atoms with Crippen LogP contribution in [0.2, 0.25) is 0 Å². The number of anilines is 1. The Hall–Kier alpha value is -2.85. The first-order valence-electron chi connectivity index (χ1n) is 9.06. The molecule has 0 radical (unpaired) electrons. The van der Waals surface area contributed by atoms with E-state index in [1.807, 2.05) is 6.26 Å². The van der Waals surface area contributed by atoms with Crippen molar-refractivity contribution >= 4 is 33.6 Å². The molecule has 0 bridgehead atoms. The van der Waals surface area contributed by atoms with Crippen LogP contribution in [0.1, 0.15) is 21.7 Å². The lowest BCUT2D eigenvalue weighted by Gasteiger charge is -2.08. The molecule has 0 saturated carbocycles. The molecule has 2 N–H and O–H groups in total. The number of carbonyl (C=O) groups is 1. The molecule has 0 fully saturated rings. The zero-order valence-electron chi connectivity index (χ0n) is 16.9. The highest BCUT2D eigenvalue weighted by Crippen LogP contribution is 2.21. The number of nitrogens with zero attached hydrogens (tertiary/aromatic N) is 3. The third-order valence-corrected chi connectivity index (χ3v) is 6.38. The van der Waals surface area contributed by atoms with Crippen molar-refractivity contribution in [3.05, 3.63) is 65.5 Å². The lowest BCUT2D eigenvalue weighted by molar-refractivity contribution is -0.675. The van der Waals surface area contributed by atoms with Crippen LogP contribution in [0.25, 0.3) is 0 Å². The van der Waals surface area contributed by atoms with Gasteiger partial charge in [0.15, 0.2) is 5.78 Å². The number of nitrogens with two attached hydrogens (primary N) is 1. The smallest absolute Gasteiger partial charge is 0.342 e. The predicted octanol–water partition coefficient (Wildman–Crippen LogP) is 2.11. The maximum atomic E-state index is 12.6. The molecular weight excluding hydrogens is 424 g/mol. The molecule has 3 rings (SSSR count). The Morgan fingerprint density at radius 3 is 2.33 bits per heavy atom. The number of benzene rings is 2. The molecule has 0 aliphatic carbocycles. The van der Waals surface area contributed by atoms with Gasteiger partial charge in [-0.15, -0.1) is 4.68 Å². The second-order valence-corrected chi connectivity index (χ2v) is 9.09. The summed E-state index contributed by atoms with van der Waals surface area (Å²) < 4.78 is 33.3.